The quantitative estimate of drug-likeness (QED) is 0.524. The second-order valence-corrected chi connectivity index (χ2v) is 8.00. The summed E-state index contributed by atoms with van der Waals surface area (Å²) in [5.74, 6) is 1.79. The zero-order valence-corrected chi connectivity index (χ0v) is 17.4. The molecule has 0 spiro atoms. The first-order chi connectivity index (χ1) is 14.8. The van der Waals surface area contributed by atoms with Crippen molar-refractivity contribution in [2.45, 2.75) is 9.79 Å². The van der Waals surface area contributed by atoms with Gasteiger partial charge in [0.05, 0.1) is 26.0 Å². The number of nitrogens with zero attached hydrogens (tertiary/aromatic N) is 4. The van der Waals surface area contributed by atoms with E-state index in [1.165, 1.54) is 0 Å². The summed E-state index contributed by atoms with van der Waals surface area (Å²) in [5, 5.41) is 8.17. The number of morpholine rings is 1. The van der Waals surface area contributed by atoms with Gasteiger partial charge in [0.2, 0.25) is 0 Å². The van der Waals surface area contributed by atoms with Gasteiger partial charge in [0.15, 0.2) is 0 Å². The fourth-order valence-electron chi connectivity index (χ4n) is 3.50. The summed E-state index contributed by atoms with van der Waals surface area (Å²) in [5.41, 5.74) is 2.52. The number of aromatic nitrogens is 4. The number of rotatable bonds is 5. The van der Waals surface area contributed by atoms with Gasteiger partial charge in [0, 0.05) is 40.7 Å². The van der Waals surface area contributed by atoms with Crippen LogP contribution in [-0.2, 0) is 4.74 Å². The molecular weight excluding hydrogens is 398 g/mol. The van der Waals surface area contributed by atoms with Crippen molar-refractivity contribution >= 4 is 28.5 Å². The molecule has 4 heterocycles. The number of nitrogens with one attached hydrogen (secondary N) is 1. The molecule has 1 N–H and O–H groups in total. The lowest BCUT2D eigenvalue weighted by molar-refractivity contribution is 0.122. The van der Waals surface area contributed by atoms with Crippen LogP contribution in [0.3, 0.4) is 0 Å². The number of hydrogen-bond donors (Lipinski definition) is 1. The Balaban J connectivity index is 1.64. The summed E-state index contributed by atoms with van der Waals surface area (Å²) < 4.78 is 10.8. The van der Waals surface area contributed by atoms with Crippen molar-refractivity contribution in [3.8, 4) is 17.1 Å². The van der Waals surface area contributed by atoms with E-state index >= 15 is 0 Å². The lowest BCUT2D eigenvalue weighted by Crippen LogP contribution is -2.36. The van der Waals surface area contributed by atoms with Crippen molar-refractivity contribution in [3.63, 3.8) is 0 Å². The van der Waals surface area contributed by atoms with Crippen LogP contribution in [0.2, 0.25) is 0 Å². The molecular formula is C22H21N5O2S. The van der Waals surface area contributed by atoms with Crippen molar-refractivity contribution in [1.82, 2.24) is 20.2 Å². The molecule has 0 unspecified atom stereocenters. The molecule has 0 aliphatic carbocycles. The van der Waals surface area contributed by atoms with Crippen LogP contribution in [0.5, 0.6) is 5.75 Å². The van der Waals surface area contributed by atoms with Crippen molar-refractivity contribution in [1.29, 1.82) is 0 Å². The van der Waals surface area contributed by atoms with E-state index in [0.29, 0.717) is 13.2 Å². The van der Waals surface area contributed by atoms with Gasteiger partial charge in [0.1, 0.15) is 22.8 Å². The lowest BCUT2D eigenvalue weighted by atomic mass is 10.1. The van der Waals surface area contributed by atoms with Crippen LogP contribution < -0.4 is 9.64 Å². The van der Waals surface area contributed by atoms with Gasteiger partial charge in [-0.15, -0.1) is 0 Å². The minimum Gasteiger partial charge on any atom is -0.497 e. The van der Waals surface area contributed by atoms with E-state index in [9.17, 15) is 0 Å². The van der Waals surface area contributed by atoms with Crippen LogP contribution in [0, 0.1) is 0 Å². The van der Waals surface area contributed by atoms with Crippen LogP contribution in [0.15, 0.2) is 64.6 Å². The van der Waals surface area contributed by atoms with Crippen LogP contribution in [0.4, 0.5) is 5.82 Å². The minimum atomic E-state index is 0.709. The van der Waals surface area contributed by atoms with E-state index in [1.54, 1.807) is 25.1 Å². The summed E-state index contributed by atoms with van der Waals surface area (Å²) in [7, 11) is 1.68. The molecule has 30 heavy (non-hydrogen) atoms. The molecule has 8 heteroatoms. The molecule has 1 aromatic carbocycles. The molecule has 7 nitrogen and oxygen atoms in total. The Morgan fingerprint density at radius 3 is 2.63 bits per heavy atom. The maximum Gasteiger partial charge on any atom is 0.130 e. The Bertz CT molecular complexity index is 1140. The van der Waals surface area contributed by atoms with Crippen LogP contribution >= 0.6 is 11.8 Å². The highest BCUT2D eigenvalue weighted by atomic mass is 32.2. The van der Waals surface area contributed by atoms with Crippen molar-refractivity contribution in [2.24, 2.45) is 0 Å². The Hall–Kier alpha value is -3.10. The molecule has 1 aliphatic heterocycles. The molecule has 0 bridgehead atoms. The standard InChI is InChI=1S/C22H21N5O2S/c1-28-15-2-4-16(5-3-15)30-19-14-20(27-10-12-29-13-11-27)25-21-17(19)6-8-23-22(21)18-7-9-24-26-18/h2-9,14H,10-13H2,1H3,(H,24,26). The number of pyridine rings is 2. The van der Waals surface area contributed by atoms with Gasteiger partial charge in [-0.3, -0.25) is 10.1 Å². The van der Waals surface area contributed by atoms with Crippen molar-refractivity contribution in [3.05, 3.63) is 54.9 Å². The summed E-state index contributed by atoms with van der Waals surface area (Å²) in [6.45, 7) is 3.07. The van der Waals surface area contributed by atoms with E-state index < -0.39 is 0 Å². The fraction of sp³-hybridized carbons (Fsp3) is 0.227. The number of ether oxygens (including phenoxy) is 2. The van der Waals surface area contributed by atoms with Crippen molar-refractivity contribution < 1.29 is 9.47 Å². The van der Waals surface area contributed by atoms with Gasteiger partial charge in [-0.25, -0.2) is 4.98 Å². The van der Waals surface area contributed by atoms with E-state index in [0.717, 1.165) is 56.7 Å². The number of fused-ring (bicyclic) bond motifs is 1. The molecule has 0 radical (unpaired) electrons. The molecule has 1 saturated heterocycles. The third-order valence-electron chi connectivity index (χ3n) is 5.05. The third kappa shape index (κ3) is 3.71. The zero-order valence-electron chi connectivity index (χ0n) is 16.5. The topological polar surface area (TPSA) is 76.2 Å². The highest BCUT2D eigenvalue weighted by Gasteiger charge is 2.18. The highest BCUT2D eigenvalue weighted by molar-refractivity contribution is 7.99. The van der Waals surface area contributed by atoms with E-state index in [1.807, 2.05) is 30.5 Å². The Morgan fingerprint density at radius 2 is 1.90 bits per heavy atom. The average Bonchev–Trinajstić information content (AvgIpc) is 3.34. The Labute approximate surface area is 178 Å². The number of aromatic amines is 1. The zero-order chi connectivity index (χ0) is 20.3. The van der Waals surface area contributed by atoms with Crippen molar-refractivity contribution in [2.75, 3.05) is 38.3 Å². The molecule has 5 rings (SSSR count). The molecule has 1 aliphatic rings. The molecule has 0 amide bonds. The monoisotopic (exact) mass is 419 g/mol. The number of benzene rings is 1. The smallest absolute Gasteiger partial charge is 0.130 e. The summed E-state index contributed by atoms with van der Waals surface area (Å²) in [6, 6.07) is 14.2. The van der Waals surface area contributed by atoms with Gasteiger partial charge < -0.3 is 14.4 Å². The van der Waals surface area contributed by atoms with Crippen LogP contribution in [0.1, 0.15) is 0 Å². The maximum absolute atomic E-state index is 5.53. The third-order valence-corrected chi connectivity index (χ3v) is 6.12. The maximum atomic E-state index is 5.53. The average molecular weight is 420 g/mol. The SMILES string of the molecule is COc1ccc(Sc2cc(N3CCOCC3)nc3c(-c4ccn[nH]4)nccc23)cc1. The largest absolute Gasteiger partial charge is 0.497 e. The molecule has 1 fully saturated rings. The first kappa shape index (κ1) is 18.9. The van der Waals surface area contributed by atoms with Gasteiger partial charge in [0.25, 0.3) is 0 Å². The first-order valence-electron chi connectivity index (χ1n) is 9.76. The van der Waals surface area contributed by atoms with Crippen LogP contribution in [0.25, 0.3) is 22.3 Å². The minimum absolute atomic E-state index is 0.709. The molecule has 3 aromatic heterocycles. The summed E-state index contributed by atoms with van der Waals surface area (Å²) in [4.78, 5) is 14.2. The molecule has 0 atom stereocenters. The number of methoxy groups -OCH3 is 1. The summed E-state index contributed by atoms with van der Waals surface area (Å²) >= 11 is 1.71. The number of H-pyrrole nitrogens is 1. The predicted molar refractivity (Wildman–Crippen MR) is 117 cm³/mol. The fourth-order valence-corrected chi connectivity index (χ4v) is 4.47. The first-order valence-corrected chi connectivity index (χ1v) is 10.6. The van der Waals surface area contributed by atoms with Crippen LogP contribution in [-0.4, -0.2) is 53.6 Å². The molecule has 152 valence electrons. The van der Waals surface area contributed by atoms with E-state index in [2.05, 4.69) is 38.3 Å². The molecule has 4 aromatic rings. The van der Waals surface area contributed by atoms with Gasteiger partial charge in [-0.2, -0.15) is 5.10 Å². The summed E-state index contributed by atoms with van der Waals surface area (Å²) in [6.07, 6.45) is 3.56. The number of anilines is 1. The van der Waals surface area contributed by atoms with Gasteiger partial charge in [-0.05, 0) is 42.5 Å². The molecule has 0 saturated carbocycles. The van der Waals surface area contributed by atoms with Gasteiger partial charge in [-0.1, -0.05) is 11.8 Å². The van der Waals surface area contributed by atoms with Gasteiger partial charge >= 0.3 is 0 Å². The lowest BCUT2D eigenvalue weighted by Gasteiger charge is -2.28. The highest BCUT2D eigenvalue weighted by Crippen LogP contribution is 2.38. The number of hydrogen-bond acceptors (Lipinski definition) is 7. The second kappa shape index (κ2) is 8.33. The van der Waals surface area contributed by atoms with E-state index in [-0.39, 0.29) is 0 Å². The Morgan fingerprint density at radius 1 is 1.07 bits per heavy atom. The van der Waals surface area contributed by atoms with E-state index in [4.69, 9.17) is 14.5 Å². The Kier molecular flexibility index (Phi) is 5.25. The second-order valence-electron chi connectivity index (χ2n) is 6.88. The normalized spacial score (nSPS) is 14.2. The predicted octanol–water partition coefficient (Wildman–Crippen LogP) is 4.02.